The summed E-state index contributed by atoms with van der Waals surface area (Å²) in [5.41, 5.74) is 0.917. The van der Waals surface area contributed by atoms with Gasteiger partial charge in [-0.25, -0.2) is 0 Å². The number of nitrogens with one attached hydrogen (secondary N) is 2. The van der Waals surface area contributed by atoms with Crippen molar-refractivity contribution in [3.63, 3.8) is 0 Å². The van der Waals surface area contributed by atoms with Gasteiger partial charge in [0, 0.05) is 18.9 Å². The molecule has 7 nitrogen and oxygen atoms in total. The number of para-hydroxylation sites is 1. The van der Waals surface area contributed by atoms with Crippen LogP contribution in [0, 0.1) is 6.92 Å². The highest BCUT2D eigenvalue weighted by Gasteiger charge is 2.14. The molecular formula is C16H20N4O3. The zero-order valence-corrected chi connectivity index (χ0v) is 13.4. The number of amides is 2. The Hall–Kier alpha value is -2.70. The second-order valence-corrected chi connectivity index (χ2v) is 5.46. The molecule has 2 N–H and O–H groups in total. The lowest BCUT2D eigenvalue weighted by atomic mass is 10.1. The minimum atomic E-state index is -0.219. The monoisotopic (exact) mass is 316 g/mol. The fourth-order valence-corrected chi connectivity index (χ4v) is 2.00. The van der Waals surface area contributed by atoms with E-state index in [0.29, 0.717) is 29.4 Å². The highest BCUT2D eigenvalue weighted by atomic mass is 16.5. The molecule has 0 radical (unpaired) electrons. The lowest BCUT2D eigenvalue weighted by molar-refractivity contribution is -0.116. The van der Waals surface area contributed by atoms with Crippen LogP contribution < -0.4 is 10.6 Å². The van der Waals surface area contributed by atoms with Crippen molar-refractivity contribution in [3.8, 4) is 0 Å². The molecule has 0 fully saturated rings. The molecular weight excluding hydrogens is 296 g/mol. The Morgan fingerprint density at radius 1 is 1.26 bits per heavy atom. The van der Waals surface area contributed by atoms with Gasteiger partial charge in [0.1, 0.15) is 0 Å². The Bertz CT molecular complexity index is 694. The molecule has 0 spiro atoms. The van der Waals surface area contributed by atoms with E-state index in [1.807, 2.05) is 13.8 Å². The summed E-state index contributed by atoms with van der Waals surface area (Å²) in [7, 11) is 0. The average Bonchev–Trinajstić information content (AvgIpc) is 2.90. The second-order valence-electron chi connectivity index (χ2n) is 5.46. The van der Waals surface area contributed by atoms with Crippen molar-refractivity contribution in [3.05, 3.63) is 41.5 Å². The molecule has 0 bridgehead atoms. The standard InChI is InChI=1S/C16H20N4O3/c1-10(2)17-16(22)12-6-4-5-7-13(12)19-14(21)8-9-15-18-11(3)20-23-15/h4-7,10H,8-9H2,1-3H3,(H,17,22)(H,19,21). The average molecular weight is 316 g/mol. The maximum atomic E-state index is 12.1. The molecule has 0 aliphatic rings. The van der Waals surface area contributed by atoms with E-state index in [-0.39, 0.29) is 24.3 Å². The van der Waals surface area contributed by atoms with Gasteiger partial charge in [0.15, 0.2) is 5.82 Å². The molecule has 122 valence electrons. The van der Waals surface area contributed by atoms with E-state index in [1.165, 1.54) is 0 Å². The highest BCUT2D eigenvalue weighted by molar-refractivity contribution is 6.03. The number of carbonyl (C=O) groups is 2. The zero-order valence-electron chi connectivity index (χ0n) is 13.4. The van der Waals surface area contributed by atoms with Crippen LogP contribution in [-0.2, 0) is 11.2 Å². The minimum Gasteiger partial charge on any atom is -0.350 e. The van der Waals surface area contributed by atoms with Crippen LogP contribution in [0.4, 0.5) is 5.69 Å². The maximum Gasteiger partial charge on any atom is 0.253 e. The summed E-state index contributed by atoms with van der Waals surface area (Å²) in [6.45, 7) is 5.48. The Morgan fingerprint density at radius 2 is 2.00 bits per heavy atom. The Labute approximate surface area is 134 Å². The first-order chi connectivity index (χ1) is 11.0. The number of rotatable bonds is 6. The largest absolute Gasteiger partial charge is 0.350 e. The van der Waals surface area contributed by atoms with Crippen molar-refractivity contribution >= 4 is 17.5 Å². The van der Waals surface area contributed by atoms with Gasteiger partial charge in [-0.15, -0.1) is 0 Å². The predicted molar refractivity (Wildman–Crippen MR) is 85.0 cm³/mol. The van der Waals surface area contributed by atoms with Crippen LogP contribution in [0.3, 0.4) is 0 Å². The predicted octanol–water partition coefficient (Wildman–Crippen LogP) is 2.09. The quantitative estimate of drug-likeness (QED) is 0.850. The Morgan fingerprint density at radius 3 is 2.65 bits per heavy atom. The number of hydrogen-bond acceptors (Lipinski definition) is 5. The summed E-state index contributed by atoms with van der Waals surface area (Å²) < 4.78 is 4.97. The number of nitrogens with zero attached hydrogens (tertiary/aromatic N) is 2. The van der Waals surface area contributed by atoms with Crippen molar-refractivity contribution in [1.29, 1.82) is 0 Å². The van der Waals surface area contributed by atoms with E-state index in [1.54, 1.807) is 31.2 Å². The summed E-state index contributed by atoms with van der Waals surface area (Å²) >= 11 is 0. The van der Waals surface area contributed by atoms with Crippen molar-refractivity contribution in [1.82, 2.24) is 15.5 Å². The SMILES string of the molecule is Cc1noc(CCC(=O)Nc2ccccc2C(=O)NC(C)C)n1. The molecule has 2 rings (SSSR count). The number of aryl methyl sites for hydroxylation is 2. The van der Waals surface area contributed by atoms with Gasteiger partial charge in [0.05, 0.1) is 11.3 Å². The molecule has 0 aliphatic carbocycles. The van der Waals surface area contributed by atoms with Crippen LogP contribution in [-0.4, -0.2) is 28.0 Å². The van der Waals surface area contributed by atoms with Gasteiger partial charge in [0.2, 0.25) is 11.8 Å². The minimum absolute atomic E-state index is 0.0204. The van der Waals surface area contributed by atoms with Gasteiger partial charge in [-0.1, -0.05) is 17.3 Å². The van der Waals surface area contributed by atoms with Crippen LogP contribution in [0.25, 0.3) is 0 Å². The summed E-state index contributed by atoms with van der Waals surface area (Å²) in [6, 6.07) is 6.92. The third kappa shape index (κ3) is 4.91. The summed E-state index contributed by atoms with van der Waals surface area (Å²) in [6.07, 6.45) is 0.550. The van der Waals surface area contributed by atoms with Gasteiger partial charge < -0.3 is 15.2 Å². The molecule has 7 heteroatoms. The summed E-state index contributed by atoms with van der Waals surface area (Å²) in [5.74, 6) is 0.522. The lowest BCUT2D eigenvalue weighted by Gasteiger charge is -2.12. The smallest absolute Gasteiger partial charge is 0.253 e. The van der Waals surface area contributed by atoms with Gasteiger partial charge >= 0.3 is 0 Å². The van der Waals surface area contributed by atoms with Crippen LogP contribution in [0.5, 0.6) is 0 Å². The molecule has 1 aromatic carbocycles. The van der Waals surface area contributed by atoms with E-state index in [2.05, 4.69) is 20.8 Å². The number of carbonyl (C=O) groups excluding carboxylic acids is 2. The molecule has 23 heavy (non-hydrogen) atoms. The van der Waals surface area contributed by atoms with Gasteiger partial charge in [-0.3, -0.25) is 9.59 Å². The van der Waals surface area contributed by atoms with E-state index in [4.69, 9.17) is 4.52 Å². The third-order valence-electron chi connectivity index (χ3n) is 3.00. The normalized spacial score (nSPS) is 10.6. The first kappa shape index (κ1) is 16.7. The van der Waals surface area contributed by atoms with Gasteiger partial charge in [-0.05, 0) is 32.9 Å². The van der Waals surface area contributed by atoms with Crippen LogP contribution >= 0.6 is 0 Å². The van der Waals surface area contributed by atoms with Crippen molar-refractivity contribution in [2.24, 2.45) is 0 Å². The van der Waals surface area contributed by atoms with Crippen molar-refractivity contribution in [2.45, 2.75) is 39.7 Å². The van der Waals surface area contributed by atoms with Crippen LogP contribution in [0.1, 0.15) is 42.3 Å². The van der Waals surface area contributed by atoms with E-state index in [9.17, 15) is 9.59 Å². The molecule has 0 atom stereocenters. The zero-order chi connectivity index (χ0) is 16.8. The Kier molecular flexibility index (Phi) is 5.46. The van der Waals surface area contributed by atoms with Crippen LogP contribution in [0.2, 0.25) is 0 Å². The van der Waals surface area contributed by atoms with Gasteiger partial charge in [-0.2, -0.15) is 4.98 Å². The molecule has 2 amide bonds. The number of aromatic nitrogens is 2. The topological polar surface area (TPSA) is 97.1 Å². The molecule has 2 aromatic rings. The van der Waals surface area contributed by atoms with Crippen molar-refractivity contribution in [2.75, 3.05) is 5.32 Å². The number of benzene rings is 1. The highest BCUT2D eigenvalue weighted by Crippen LogP contribution is 2.16. The summed E-state index contributed by atoms with van der Waals surface area (Å²) in [5, 5.41) is 9.23. The van der Waals surface area contributed by atoms with E-state index >= 15 is 0 Å². The molecule has 0 saturated carbocycles. The number of anilines is 1. The summed E-state index contributed by atoms with van der Waals surface area (Å²) in [4.78, 5) is 28.2. The van der Waals surface area contributed by atoms with Gasteiger partial charge in [0.25, 0.3) is 5.91 Å². The lowest BCUT2D eigenvalue weighted by Crippen LogP contribution is -2.31. The first-order valence-corrected chi connectivity index (χ1v) is 7.44. The molecule has 0 saturated heterocycles. The van der Waals surface area contributed by atoms with Crippen molar-refractivity contribution < 1.29 is 14.1 Å². The Balaban J connectivity index is 1.99. The maximum absolute atomic E-state index is 12.1. The third-order valence-corrected chi connectivity index (χ3v) is 3.00. The fourth-order valence-electron chi connectivity index (χ4n) is 2.00. The van der Waals surface area contributed by atoms with Crippen LogP contribution in [0.15, 0.2) is 28.8 Å². The molecule has 1 heterocycles. The van der Waals surface area contributed by atoms with E-state index < -0.39 is 0 Å². The number of hydrogen-bond donors (Lipinski definition) is 2. The van der Waals surface area contributed by atoms with E-state index in [0.717, 1.165) is 0 Å². The molecule has 1 aromatic heterocycles. The second kappa shape index (κ2) is 7.53. The molecule has 0 aliphatic heterocycles. The fraction of sp³-hybridized carbons (Fsp3) is 0.375. The first-order valence-electron chi connectivity index (χ1n) is 7.44. The molecule has 0 unspecified atom stereocenters.